The third-order valence-corrected chi connectivity index (χ3v) is 5.18. The Hall–Kier alpha value is -4.06. The Labute approximate surface area is 193 Å². The molecule has 168 valence electrons. The molecule has 0 aliphatic carbocycles. The van der Waals surface area contributed by atoms with Gasteiger partial charge >= 0.3 is 0 Å². The van der Waals surface area contributed by atoms with Gasteiger partial charge in [-0.2, -0.15) is 0 Å². The molecule has 0 atom stereocenters. The molecule has 3 aromatic carbocycles. The Balaban J connectivity index is 1.43. The van der Waals surface area contributed by atoms with Crippen LogP contribution in [0.1, 0.15) is 23.1 Å². The van der Waals surface area contributed by atoms with E-state index in [1.165, 1.54) is 5.01 Å². The standard InChI is InChI=1S/C27H26N2O4/c1-19-8-6-11-23(17-19)32-14-7-15-33-25-13-12-20(2)16-21(25)18-24-26(30)28-29(27(24)31)22-9-4-3-5-10-22/h3-6,8-13,16-18H,7,14-15H2,1-2H3,(H,28,30)/b24-18+. The van der Waals surface area contributed by atoms with E-state index in [-0.39, 0.29) is 5.57 Å². The maximum Gasteiger partial charge on any atom is 0.282 e. The molecule has 1 fully saturated rings. The fraction of sp³-hybridized carbons (Fsp3) is 0.185. The Kier molecular flexibility index (Phi) is 6.74. The summed E-state index contributed by atoms with van der Waals surface area (Å²) in [6.45, 7) is 4.95. The number of aryl methyl sites for hydroxylation is 2. The summed E-state index contributed by atoms with van der Waals surface area (Å²) < 4.78 is 11.7. The number of benzene rings is 3. The highest BCUT2D eigenvalue weighted by Gasteiger charge is 2.34. The molecule has 0 aromatic heterocycles. The van der Waals surface area contributed by atoms with E-state index < -0.39 is 11.8 Å². The van der Waals surface area contributed by atoms with E-state index in [1.807, 2.05) is 74.5 Å². The first kappa shape index (κ1) is 22.1. The van der Waals surface area contributed by atoms with Crippen molar-refractivity contribution in [3.8, 4) is 11.5 Å². The van der Waals surface area contributed by atoms with Gasteiger partial charge in [-0.3, -0.25) is 15.0 Å². The number of ether oxygens (including phenoxy) is 2. The van der Waals surface area contributed by atoms with Gasteiger partial charge in [0.25, 0.3) is 11.8 Å². The number of hydrogen-bond acceptors (Lipinski definition) is 4. The van der Waals surface area contributed by atoms with Crippen molar-refractivity contribution >= 4 is 23.6 Å². The molecule has 0 bridgehead atoms. The Morgan fingerprint density at radius 3 is 2.39 bits per heavy atom. The number of hydrazine groups is 1. The average Bonchev–Trinajstić information content (AvgIpc) is 3.09. The SMILES string of the molecule is Cc1cccc(OCCCOc2ccc(C)cc2/C=C2\C(=O)NN(c3ccccc3)C2=O)c1. The zero-order valence-corrected chi connectivity index (χ0v) is 18.7. The average molecular weight is 443 g/mol. The number of anilines is 1. The maximum atomic E-state index is 12.9. The van der Waals surface area contributed by atoms with Crippen molar-refractivity contribution < 1.29 is 19.1 Å². The quantitative estimate of drug-likeness (QED) is 0.314. The van der Waals surface area contributed by atoms with Gasteiger partial charge in [0, 0.05) is 12.0 Å². The smallest absolute Gasteiger partial charge is 0.282 e. The van der Waals surface area contributed by atoms with Crippen LogP contribution in [0.3, 0.4) is 0 Å². The van der Waals surface area contributed by atoms with Gasteiger partial charge in [-0.15, -0.1) is 0 Å². The highest BCUT2D eigenvalue weighted by atomic mass is 16.5. The Morgan fingerprint density at radius 1 is 0.848 bits per heavy atom. The second-order valence-electron chi connectivity index (χ2n) is 7.88. The second kappa shape index (κ2) is 10.0. The molecule has 0 saturated carbocycles. The van der Waals surface area contributed by atoms with Gasteiger partial charge in [-0.1, -0.05) is 42.0 Å². The minimum atomic E-state index is -0.442. The van der Waals surface area contributed by atoms with E-state index >= 15 is 0 Å². The minimum Gasteiger partial charge on any atom is -0.493 e. The van der Waals surface area contributed by atoms with Crippen molar-refractivity contribution in [2.24, 2.45) is 0 Å². The van der Waals surface area contributed by atoms with Crippen LogP contribution >= 0.6 is 0 Å². The van der Waals surface area contributed by atoms with Crippen molar-refractivity contribution in [3.05, 3.63) is 95.1 Å². The van der Waals surface area contributed by atoms with Crippen LogP contribution in [0, 0.1) is 13.8 Å². The zero-order chi connectivity index (χ0) is 23.2. The van der Waals surface area contributed by atoms with Crippen molar-refractivity contribution in [2.45, 2.75) is 20.3 Å². The van der Waals surface area contributed by atoms with Gasteiger partial charge in [0.15, 0.2) is 0 Å². The minimum absolute atomic E-state index is 0.0667. The molecule has 0 unspecified atom stereocenters. The maximum absolute atomic E-state index is 12.9. The van der Waals surface area contributed by atoms with Crippen molar-refractivity contribution in [3.63, 3.8) is 0 Å². The number of nitrogens with zero attached hydrogens (tertiary/aromatic N) is 1. The first-order valence-corrected chi connectivity index (χ1v) is 10.9. The number of para-hydroxylation sites is 1. The van der Waals surface area contributed by atoms with E-state index in [1.54, 1.807) is 18.2 Å². The second-order valence-corrected chi connectivity index (χ2v) is 7.88. The first-order chi connectivity index (χ1) is 16.0. The highest BCUT2D eigenvalue weighted by molar-refractivity contribution is 6.31. The third-order valence-electron chi connectivity index (χ3n) is 5.18. The van der Waals surface area contributed by atoms with Gasteiger partial charge in [0.2, 0.25) is 0 Å². The molecular weight excluding hydrogens is 416 g/mol. The topological polar surface area (TPSA) is 67.9 Å². The number of amides is 2. The van der Waals surface area contributed by atoms with Crippen LogP contribution in [0.15, 0.2) is 78.4 Å². The fourth-order valence-electron chi connectivity index (χ4n) is 3.52. The molecule has 3 aromatic rings. The monoisotopic (exact) mass is 442 g/mol. The summed E-state index contributed by atoms with van der Waals surface area (Å²) in [5.41, 5.74) is 6.13. The number of hydrogen-bond donors (Lipinski definition) is 1. The molecule has 1 saturated heterocycles. The predicted octanol–water partition coefficient (Wildman–Crippen LogP) is 4.61. The lowest BCUT2D eigenvalue weighted by molar-refractivity contribution is -0.117. The summed E-state index contributed by atoms with van der Waals surface area (Å²) in [6.07, 6.45) is 2.28. The lowest BCUT2D eigenvalue weighted by Gasteiger charge is -2.14. The van der Waals surface area contributed by atoms with E-state index in [4.69, 9.17) is 9.47 Å². The summed E-state index contributed by atoms with van der Waals surface area (Å²) in [7, 11) is 0. The van der Waals surface area contributed by atoms with Crippen molar-refractivity contribution in [1.29, 1.82) is 0 Å². The molecule has 2 amide bonds. The molecule has 33 heavy (non-hydrogen) atoms. The Bertz CT molecular complexity index is 1190. The number of carbonyl (C=O) groups is 2. The van der Waals surface area contributed by atoms with Gasteiger partial charge < -0.3 is 9.47 Å². The van der Waals surface area contributed by atoms with Gasteiger partial charge in [-0.05, 0) is 61.9 Å². The Morgan fingerprint density at radius 2 is 1.61 bits per heavy atom. The molecule has 1 N–H and O–H groups in total. The number of carbonyl (C=O) groups excluding carboxylic acids is 2. The number of rotatable bonds is 8. The van der Waals surface area contributed by atoms with Crippen LogP contribution < -0.4 is 19.9 Å². The summed E-state index contributed by atoms with van der Waals surface area (Å²) in [6, 6.07) is 22.6. The van der Waals surface area contributed by atoms with Gasteiger partial charge in [0.05, 0.1) is 18.9 Å². The molecule has 0 spiro atoms. The van der Waals surface area contributed by atoms with Crippen LogP contribution in [-0.4, -0.2) is 25.0 Å². The molecular formula is C27H26N2O4. The molecule has 4 rings (SSSR count). The van der Waals surface area contributed by atoms with E-state index in [2.05, 4.69) is 5.43 Å². The summed E-state index contributed by atoms with van der Waals surface area (Å²) in [5.74, 6) is 0.611. The fourth-order valence-corrected chi connectivity index (χ4v) is 3.52. The molecule has 6 heteroatoms. The van der Waals surface area contributed by atoms with Crippen molar-refractivity contribution in [2.75, 3.05) is 18.2 Å². The molecule has 1 aliphatic heterocycles. The summed E-state index contributed by atoms with van der Waals surface area (Å²) in [4.78, 5) is 25.4. The van der Waals surface area contributed by atoms with Crippen LogP contribution in [0.2, 0.25) is 0 Å². The summed E-state index contributed by atoms with van der Waals surface area (Å²) >= 11 is 0. The largest absolute Gasteiger partial charge is 0.493 e. The molecule has 1 aliphatic rings. The van der Waals surface area contributed by atoms with E-state index in [9.17, 15) is 9.59 Å². The molecule has 1 heterocycles. The lowest BCUT2D eigenvalue weighted by atomic mass is 10.1. The normalized spacial score (nSPS) is 14.5. The number of nitrogens with one attached hydrogen (secondary N) is 1. The van der Waals surface area contributed by atoms with Gasteiger partial charge in [0.1, 0.15) is 17.1 Å². The third kappa shape index (κ3) is 5.41. The van der Waals surface area contributed by atoms with E-state index in [0.29, 0.717) is 36.6 Å². The van der Waals surface area contributed by atoms with Crippen LogP contribution in [0.25, 0.3) is 6.08 Å². The molecule has 0 radical (unpaired) electrons. The lowest BCUT2D eigenvalue weighted by Crippen LogP contribution is -2.35. The van der Waals surface area contributed by atoms with Gasteiger partial charge in [-0.25, -0.2) is 5.01 Å². The van der Waals surface area contributed by atoms with Crippen molar-refractivity contribution in [1.82, 2.24) is 5.43 Å². The molecule has 6 nitrogen and oxygen atoms in total. The van der Waals surface area contributed by atoms with Crippen LogP contribution in [0.5, 0.6) is 11.5 Å². The van der Waals surface area contributed by atoms with E-state index in [0.717, 1.165) is 16.9 Å². The summed E-state index contributed by atoms with van der Waals surface area (Å²) in [5, 5.41) is 1.26. The van der Waals surface area contributed by atoms with Crippen LogP contribution in [-0.2, 0) is 9.59 Å². The predicted molar refractivity (Wildman–Crippen MR) is 128 cm³/mol. The first-order valence-electron chi connectivity index (χ1n) is 10.9. The van der Waals surface area contributed by atoms with Crippen LogP contribution in [0.4, 0.5) is 5.69 Å². The zero-order valence-electron chi connectivity index (χ0n) is 18.7. The highest BCUT2D eigenvalue weighted by Crippen LogP contribution is 2.26.